The Labute approximate surface area is 167 Å². The normalized spacial score (nSPS) is 14.4. The molecule has 1 aliphatic heterocycles. The Morgan fingerprint density at radius 2 is 1.78 bits per heavy atom. The highest BCUT2D eigenvalue weighted by Gasteiger charge is 2.24. The molecular weight excluding hydrogens is 404 g/mol. The van der Waals surface area contributed by atoms with Gasteiger partial charge in [-0.15, -0.1) is 0 Å². The quantitative estimate of drug-likeness (QED) is 0.639. The molecule has 0 bridgehead atoms. The molecule has 3 aromatic rings. The number of carbonyl (C=O) groups is 1. The largest absolute Gasteiger partial charge is 0.338 e. The van der Waals surface area contributed by atoms with Gasteiger partial charge in [-0.1, -0.05) is 39.7 Å². The smallest absolute Gasteiger partial charge is 0.254 e. The summed E-state index contributed by atoms with van der Waals surface area (Å²) < 4.78 is 3.03. The molecule has 0 spiro atoms. The van der Waals surface area contributed by atoms with Crippen LogP contribution in [0.4, 0.5) is 5.95 Å². The molecule has 27 heavy (non-hydrogen) atoms. The molecule has 6 heteroatoms. The summed E-state index contributed by atoms with van der Waals surface area (Å²) in [4.78, 5) is 21.4. The van der Waals surface area contributed by atoms with Crippen molar-refractivity contribution in [3.8, 4) is 5.69 Å². The van der Waals surface area contributed by atoms with Crippen LogP contribution in [0.3, 0.4) is 0 Å². The van der Waals surface area contributed by atoms with Crippen molar-refractivity contribution < 1.29 is 4.79 Å². The molecule has 1 aliphatic rings. The molecule has 0 saturated carbocycles. The first-order valence-corrected chi connectivity index (χ1v) is 9.81. The van der Waals surface area contributed by atoms with Gasteiger partial charge in [-0.2, -0.15) is 0 Å². The number of imidazole rings is 1. The van der Waals surface area contributed by atoms with Crippen molar-refractivity contribution in [2.45, 2.75) is 6.92 Å². The first kappa shape index (κ1) is 17.8. The van der Waals surface area contributed by atoms with Crippen LogP contribution in [0.5, 0.6) is 0 Å². The number of benzene rings is 2. The average Bonchev–Trinajstić information content (AvgIpc) is 3.18. The van der Waals surface area contributed by atoms with E-state index in [0.29, 0.717) is 13.1 Å². The Kier molecular flexibility index (Phi) is 4.99. The maximum atomic E-state index is 12.7. The molecule has 2 heterocycles. The van der Waals surface area contributed by atoms with Crippen molar-refractivity contribution in [1.29, 1.82) is 0 Å². The average molecular weight is 425 g/mol. The van der Waals surface area contributed by atoms with Gasteiger partial charge in [-0.3, -0.25) is 9.36 Å². The fourth-order valence-corrected chi connectivity index (χ4v) is 3.75. The number of hydrogen-bond donors (Lipinski definition) is 0. The van der Waals surface area contributed by atoms with E-state index in [4.69, 9.17) is 0 Å². The molecule has 0 aliphatic carbocycles. The van der Waals surface area contributed by atoms with Crippen LogP contribution in [-0.4, -0.2) is 46.5 Å². The minimum Gasteiger partial charge on any atom is -0.338 e. The monoisotopic (exact) mass is 424 g/mol. The van der Waals surface area contributed by atoms with E-state index in [1.165, 1.54) is 5.56 Å². The Hall–Kier alpha value is -2.60. The predicted molar refractivity (Wildman–Crippen MR) is 111 cm³/mol. The number of hydrogen-bond acceptors (Lipinski definition) is 3. The van der Waals surface area contributed by atoms with Crippen LogP contribution in [0, 0.1) is 6.92 Å². The molecule has 0 radical (unpaired) electrons. The highest BCUT2D eigenvalue weighted by atomic mass is 79.9. The lowest BCUT2D eigenvalue weighted by atomic mass is 10.2. The van der Waals surface area contributed by atoms with Crippen molar-refractivity contribution in [1.82, 2.24) is 14.5 Å². The minimum atomic E-state index is 0.0813. The van der Waals surface area contributed by atoms with E-state index < -0.39 is 0 Å². The fraction of sp³-hybridized carbons (Fsp3) is 0.238. The lowest BCUT2D eigenvalue weighted by molar-refractivity contribution is 0.0746. The van der Waals surface area contributed by atoms with Crippen LogP contribution in [0.15, 0.2) is 65.4 Å². The zero-order valence-electron chi connectivity index (χ0n) is 15.2. The molecule has 4 rings (SSSR count). The van der Waals surface area contributed by atoms with E-state index in [9.17, 15) is 4.79 Å². The summed E-state index contributed by atoms with van der Waals surface area (Å²) in [6.07, 6.45) is 3.81. The second-order valence-electron chi connectivity index (χ2n) is 6.72. The van der Waals surface area contributed by atoms with E-state index >= 15 is 0 Å². The summed E-state index contributed by atoms with van der Waals surface area (Å²) in [5, 5.41) is 0. The third kappa shape index (κ3) is 3.76. The third-order valence-electron chi connectivity index (χ3n) is 4.85. The molecule has 5 nitrogen and oxygen atoms in total. The fourth-order valence-electron chi connectivity index (χ4n) is 3.35. The van der Waals surface area contributed by atoms with Crippen LogP contribution in [0.1, 0.15) is 15.9 Å². The topological polar surface area (TPSA) is 41.4 Å². The number of rotatable bonds is 3. The number of aryl methyl sites for hydroxylation is 1. The summed E-state index contributed by atoms with van der Waals surface area (Å²) in [5.41, 5.74) is 3.06. The van der Waals surface area contributed by atoms with Gasteiger partial charge in [-0.05, 0) is 37.3 Å². The minimum absolute atomic E-state index is 0.0813. The van der Waals surface area contributed by atoms with Crippen LogP contribution in [0.2, 0.25) is 0 Å². The maximum absolute atomic E-state index is 12.7. The SMILES string of the molecule is Cc1ccc(-n2ccnc2N2CCN(C(=O)c3cccc(Br)c3)CC2)cc1. The Balaban J connectivity index is 1.47. The number of amides is 1. The lowest BCUT2D eigenvalue weighted by Gasteiger charge is -2.35. The van der Waals surface area contributed by atoms with Gasteiger partial charge in [-0.25, -0.2) is 4.98 Å². The van der Waals surface area contributed by atoms with Gasteiger partial charge >= 0.3 is 0 Å². The van der Waals surface area contributed by atoms with E-state index in [1.54, 1.807) is 0 Å². The lowest BCUT2D eigenvalue weighted by Crippen LogP contribution is -2.49. The number of nitrogens with zero attached hydrogens (tertiary/aromatic N) is 4. The predicted octanol–water partition coefficient (Wildman–Crippen LogP) is 3.91. The van der Waals surface area contributed by atoms with Crippen molar-refractivity contribution >= 4 is 27.8 Å². The molecular formula is C21H21BrN4O. The molecule has 1 saturated heterocycles. The van der Waals surface area contributed by atoms with Crippen molar-refractivity contribution in [3.63, 3.8) is 0 Å². The van der Waals surface area contributed by atoms with Crippen LogP contribution in [0.25, 0.3) is 5.69 Å². The Bertz CT molecular complexity index is 943. The second kappa shape index (κ2) is 7.56. The Morgan fingerprint density at radius 1 is 1.04 bits per heavy atom. The second-order valence-corrected chi connectivity index (χ2v) is 7.64. The molecule has 0 unspecified atom stereocenters. The summed E-state index contributed by atoms with van der Waals surface area (Å²) >= 11 is 3.43. The standard InChI is InChI=1S/C21H21BrN4O/c1-16-5-7-19(8-6-16)26-10-9-23-21(26)25-13-11-24(12-14-25)20(27)17-3-2-4-18(22)15-17/h2-10,15H,11-14H2,1H3. The number of halogens is 1. The first-order chi connectivity index (χ1) is 13.1. The zero-order chi connectivity index (χ0) is 18.8. The van der Waals surface area contributed by atoms with Gasteiger partial charge in [0.25, 0.3) is 5.91 Å². The van der Waals surface area contributed by atoms with E-state index in [-0.39, 0.29) is 5.91 Å². The van der Waals surface area contributed by atoms with Crippen molar-refractivity contribution in [3.05, 3.63) is 76.5 Å². The van der Waals surface area contributed by atoms with E-state index in [2.05, 4.69) is 61.6 Å². The van der Waals surface area contributed by atoms with Crippen LogP contribution < -0.4 is 4.90 Å². The van der Waals surface area contributed by atoms with Gasteiger partial charge in [0, 0.05) is 54.3 Å². The molecule has 0 N–H and O–H groups in total. The summed E-state index contributed by atoms with van der Waals surface area (Å²) in [6, 6.07) is 16.0. The van der Waals surface area contributed by atoms with Gasteiger partial charge in [0.1, 0.15) is 0 Å². The third-order valence-corrected chi connectivity index (χ3v) is 5.35. The van der Waals surface area contributed by atoms with Crippen molar-refractivity contribution in [2.75, 3.05) is 31.1 Å². The number of aromatic nitrogens is 2. The number of anilines is 1. The molecule has 1 fully saturated rings. The van der Waals surface area contributed by atoms with Crippen molar-refractivity contribution in [2.24, 2.45) is 0 Å². The maximum Gasteiger partial charge on any atom is 0.254 e. The molecule has 2 aromatic carbocycles. The summed E-state index contributed by atoms with van der Waals surface area (Å²) in [6.45, 7) is 4.99. The number of piperazine rings is 1. The zero-order valence-corrected chi connectivity index (χ0v) is 16.8. The summed E-state index contributed by atoms with van der Waals surface area (Å²) in [7, 11) is 0. The van der Waals surface area contributed by atoms with Gasteiger partial charge in [0.15, 0.2) is 0 Å². The molecule has 1 aromatic heterocycles. The van der Waals surface area contributed by atoms with Crippen LogP contribution in [-0.2, 0) is 0 Å². The Morgan fingerprint density at radius 3 is 2.48 bits per heavy atom. The van der Waals surface area contributed by atoms with Gasteiger partial charge in [0.05, 0.1) is 0 Å². The first-order valence-electron chi connectivity index (χ1n) is 9.02. The highest BCUT2D eigenvalue weighted by Crippen LogP contribution is 2.21. The molecule has 1 amide bonds. The molecule has 0 atom stereocenters. The van der Waals surface area contributed by atoms with Gasteiger partial charge < -0.3 is 9.80 Å². The number of carbonyl (C=O) groups excluding carboxylic acids is 1. The van der Waals surface area contributed by atoms with E-state index in [1.807, 2.05) is 41.6 Å². The highest BCUT2D eigenvalue weighted by molar-refractivity contribution is 9.10. The summed E-state index contributed by atoms with van der Waals surface area (Å²) in [5.74, 6) is 1.01. The van der Waals surface area contributed by atoms with E-state index in [0.717, 1.165) is 34.8 Å². The van der Waals surface area contributed by atoms with Crippen LogP contribution >= 0.6 is 15.9 Å². The molecule has 138 valence electrons. The van der Waals surface area contributed by atoms with Gasteiger partial charge in [0.2, 0.25) is 5.95 Å².